The van der Waals surface area contributed by atoms with E-state index in [4.69, 9.17) is 9.78 Å². The molecule has 0 aliphatic rings. The van der Waals surface area contributed by atoms with E-state index < -0.39 is 23.7 Å². The van der Waals surface area contributed by atoms with Crippen LogP contribution in [0.1, 0.15) is 23.0 Å². The molecule has 0 aliphatic heterocycles. The zero-order chi connectivity index (χ0) is 17.2. The quantitative estimate of drug-likeness (QED) is 0.868. The lowest BCUT2D eigenvalue weighted by Crippen LogP contribution is -2.34. The Morgan fingerprint density at radius 3 is 2.65 bits per heavy atom. The topological polar surface area (TPSA) is 70.1 Å². The monoisotopic (exact) mass is 323 g/mol. The van der Waals surface area contributed by atoms with Crippen molar-refractivity contribution in [1.29, 1.82) is 5.26 Å². The van der Waals surface area contributed by atoms with Crippen LogP contribution in [0.2, 0.25) is 0 Å². The smallest absolute Gasteiger partial charge is 0.355 e. The molecule has 1 amide bonds. The molecule has 120 valence electrons. The maximum absolute atomic E-state index is 13.0. The van der Waals surface area contributed by atoms with Gasteiger partial charge in [-0.25, -0.2) is 0 Å². The number of rotatable bonds is 3. The molecule has 5 nitrogen and oxygen atoms in total. The first-order valence-electron chi connectivity index (χ1n) is 6.55. The Morgan fingerprint density at radius 1 is 1.39 bits per heavy atom. The van der Waals surface area contributed by atoms with Gasteiger partial charge in [0, 0.05) is 18.7 Å². The van der Waals surface area contributed by atoms with Crippen molar-refractivity contribution in [1.82, 2.24) is 10.1 Å². The Labute approximate surface area is 129 Å². The van der Waals surface area contributed by atoms with Crippen LogP contribution >= 0.6 is 0 Å². The molecule has 2 rings (SSSR count). The van der Waals surface area contributed by atoms with Crippen molar-refractivity contribution in [2.24, 2.45) is 0 Å². The summed E-state index contributed by atoms with van der Waals surface area (Å²) in [6.45, 7) is 1.51. The van der Waals surface area contributed by atoms with Crippen LogP contribution in [0.15, 0.2) is 34.9 Å². The Hall–Kier alpha value is -2.82. The Kier molecular flexibility index (Phi) is 4.40. The summed E-state index contributed by atoms with van der Waals surface area (Å²) < 4.78 is 43.9. The molecule has 0 fully saturated rings. The van der Waals surface area contributed by atoms with Crippen molar-refractivity contribution in [2.45, 2.75) is 19.1 Å². The fourth-order valence-corrected chi connectivity index (χ4v) is 1.89. The first-order chi connectivity index (χ1) is 10.8. The lowest BCUT2D eigenvalue weighted by atomic mass is 10.0. The summed E-state index contributed by atoms with van der Waals surface area (Å²) in [6, 6.07) is 7.15. The van der Waals surface area contributed by atoms with E-state index in [2.05, 4.69) is 5.16 Å². The molecule has 1 aromatic carbocycles. The van der Waals surface area contributed by atoms with Crippen molar-refractivity contribution in [3.05, 3.63) is 41.6 Å². The highest BCUT2D eigenvalue weighted by atomic mass is 19.4. The van der Waals surface area contributed by atoms with Crippen molar-refractivity contribution >= 4 is 5.91 Å². The predicted molar refractivity (Wildman–Crippen MR) is 74.1 cm³/mol. The summed E-state index contributed by atoms with van der Waals surface area (Å²) in [6.07, 6.45) is -4.56. The van der Waals surface area contributed by atoms with Crippen LogP contribution in [0.5, 0.6) is 0 Å². The van der Waals surface area contributed by atoms with E-state index in [0.717, 1.165) is 17.0 Å². The van der Waals surface area contributed by atoms with Gasteiger partial charge < -0.3 is 9.42 Å². The van der Waals surface area contributed by atoms with Crippen LogP contribution < -0.4 is 0 Å². The lowest BCUT2D eigenvalue weighted by Gasteiger charge is -2.17. The van der Waals surface area contributed by atoms with Gasteiger partial charge in [0.1, 0.15) is 6.04 Å². The SMILES string of the molecule is CC(C#N)N(C)C(=O)c1cc(-c2ccccc2C(F)(F)F)on1. The molecule has 1 atom stereocenters. The number of halogens is 3. The predicted octanol–water partition coefficient (Wildman–Crippen LogP) is 3.34. The molecule has 0 radical (unpaired) electrons. The molecule has 2 aromatic rings. The average Bonchev–Trinajstić information content (AvgIpc) is 3.01. The van der Waals surface area contributed by atoms with Gasteiger partial charge >= 0.3 is 6.18 Å². The van der Waals surface area contributed by atoms with E-state index in [1.807, 2.05) is 6.07 Å². The number of aromatic nitrogens is 1. The molecule has 1 aromatic heterocycles. The summed E-state index contributed by atoms with van der Waals surface area (Å²) in [5.41, 5.74) is -1.25. The number of hydrogen-bond acceptors (Lipinski definition) is 4. The number of hydrogen-bond donors (Lipinski definition) is 0. The van der Waals surface area contributed by atoms with Crippen LogP contribution in [-0.4, -0.2) is 29.1 Å². The molecule has 0 aliphatic carbocycles. The van der Waals surface area contributed by atoms with Crippen LogP contribution in [0, 0.1) is 11.3 Å². The number of benzene rings is 1. The Bertz CT molecular complexity index is 762. The van der Waals surface area contributed by atoms with Crippen LogP contribution in [0.3, 0.4) is 0 Å². The largest absolute Gasteiger partial charge is 0.417 e. The number of amides is 1. The maximum Gasteiger partial charge on any atom is 0.417 e. The second-order valence-corrected chi connectivity index (χ2v) is 4.84. The third-order valence-corrected chi connectivity index (χ3v) is 3.32. The fraction of sp³-hybridized carbons (Fsp3) is 0.267. The summed E-state index contributed by atoms with van der Waals surface area (Å²) in [5.74, 6) is -0.780. The van der Waals surface area contributed by atoms with Crippen molar-refractivity contribution < 1.29 is 22.5 Å². The highest BCUT2D eigenvalue weighted by Gasteiger charge is 2.34. The number of nitriles is 1. The molecule has 1 unspecified atom stereocenters. The van der Waals surface area contributed by atoms with Gasteiger partial charge in [0.2, 0.25) is 0 Å². The van der Waals surface area contributed by atoms with Crippen molar-refractivity contribution in [3.8, 4) is 17.4 Å². The molecular weight excluding hydrogens is 311 g/mol. The number of carbonyl (C=O) groups excluding carboxylic acids is 1. The fourth-order valence-electron chi connectivity index (χ4n) is 1.89. The second kappa shape index (κ2) is 6.12. The lowest BCUT2D eigenvalue weighted by molar-refractivity contribution is -0.137. The van der Waals surface area contributed by atoms with Crippen LogP contribution in [-0.2, 0) is 6.18 Å². The summed E-state index contributed by atoms with van der Waals surface area (Å²) in [7, 11) is 1.40. The van der Waals surface area contributed by atoms with E-state index in [0.29, 0.717) is 0 Å². The minimum absolute atomic E-state index is 0.165. The molecule has 0 saturated carbocycles. The summed E-state index contributed by atoms with van der Waals surface area (Å²) in [5, 5.41) is 12.3. The van der Waals surface area contributed by atoms with Crippen molar-refractivity contribution in [2.75, 3.05) is 7.05 Å². The number of alkyl halides is 3. The maximum atomic E-state index is 13.0. The highest BCUT2D eigenvalue weighted by molar-refractivity contribution is 5.93. The van der Waals surface area contributed by atoms with Crippen LogP contribution in [0.4, 0.5) is 13.2 Å². The van der Waals surface area contributed by atoms with Gasteiger partial charge in [0.15, 0.2) is 11.5 Å². The first kappa shape index (κ1) is 16.5. The van der Waals surface area contributed by atoms with E-state index >= 15 is 0 Å². The van der Waals surface area contributed by atoms with Gasteiger partial charge in [0.25, 0.3) is 5.91 Å². The standard InChI is InChI=1S/C15H12F3N3O2/c1-9(8-19)21(2)14(22)12-7-13(23-20-12)10-5-3-4-6-11(10)15(16,17)18/h3-7,9H,1-2H3. The van der Waals surface area contributed by atoms with E-state index in [-0.39, 0.29) is 17.0 Å². The van der Waals surface area contributed by atoms with Gasteiger partial charge in [-0.3, -0.25) is 4.79 Å². The third-order valence-electron chi connectivity index (χ3n) is 3.32. The van der Waals surface area contributed by atoms with Gasteiger partial charge in [-0.1, -0.05) is 23.4 Å². The second-order valence-electron chi connectivity index (χ2n) is 4.84. The minimum atomic E-state index is -4.56. The Balaban J connectivity index is 2.38. The molecule has 8 heteroatoms. The first-order valence-corrected chi connectivity index (χ1v) is 6.55. The number of carbonyl (C=O) groups is 1. The van der Waals surface area contributed by atoms with Gasteiger partial charge in [-0.15, -0.1) is 0 Å². The van der Waals surface area contributed by atoms with E-state index in [9.17, 15) is 18.0 Å². The Morgan fingerprint density at radius 2 is 2.04 bits per heavy atom. The van der Waals surface area contributed by atoms with Gasteiger partial charge in [-0.05, 0) is 13.0 Å². The number of nitrogens with zero attached hydrogens (tertiary/aromatic N) is 3. The normalized spacial score (nSPS) is 12.5. The molecule has 23 heavy (non-hydrogen) atoms. The molecule has 0 saturated heterocycles. The highest BCUT2D eigenvalue weighted by Crippen LogP contribution is 2.37. The van der Waals surface area contributed by atoms with Crippen LogP contribution in [0.25, 0.3) is 11.3 Å². The average molecular weight is 323 g/mol. The summed E-state index contributed by atoms with van der Waals surface area (Å²) >= 11 is 0. The van der Waals surface area contributed by atoms with Crippen molar-refractivity contribution in [3.63, 3.8) is 0 Å². The minimum Gasteiger partial charge on any atom is -0.355 e. The third kappa shape index (κ3) is 3.34. The molecule has 1 heterocycles. The summed E-state index contributed by atoms with van der Waals surface area (Å²) in [4.78, 5) is 13.2. The van der Waals surface area contributed by atoms with E-state index in [1.165, 1.54) is 32.2 Å². The molecule has 0 N–H and O–H groups in total. The van der Waals surface area contributed by atoms with Gasteiger partial charge in [0.05, 0.1) is 11.6 Å². The zero-order valence-electron chi connectivity index (χ0n) is 12.3. The molecular formula is C15H12F3N3O2. The zero-order valence-corrected chi connectivity index (χ0v) is 12.3. The molecule has 0 spiro atoms. The van der Waals surface area contributed by atoms with Gasteiger partial charge in [-0.2, -0.15) is 18.4 Å². The molecule has 0 bridgehead atoms. The van der Waals surface area contributed by atoms with E-state index in [1.54, 1.807) is 0 Å².